The predicted octanol–water partition coefficient (Wildman–Crippen LogP) is 2.19. The lowest BCUT2D eigenvalue weighted by Gasteiger charge is -2.29. The van der Waals surface area contributed by atoms with Crippen LogP contribution in [0.5, 0.6) is 0 Å². The number of carbonyl (C=O) groups excluding carboxylic acids is 1. The molecule has 1 aromatic rings. The number of morpholine rings is 1. The molecule has 1 saturated heterocycles. The Hall–Kier alpha value is -1.79. The first-order valence-corrected chi connectivity index (χ1v) is 9.29. The van der Waals surface area contributed by atoms with Crippen molar-refractivity contribution in [2.45, 2.75) is 50.8 Å². The summed E-state index contributed by atoms with van der Waals surface area (Å²) >= 11 is 0. The topological polar surface area (TPSA) is 73.8 Å². The van der Waals surface area contributed by atoms with E-state index in [0.717, 1.165) is 57.6 Å². The molecule has 3 N–H and O–H groups in total. The number of aliphatic hydroxyl groups is 1. The van der Waals surface area contributed by atoms with Gasteiger partial charge >= 0.3 is 6.03 Å². The maximum absolute atomic E-state index is 12.2. The molecule has 0 bridgehead atoms. The van der Waals surface area contributed by atoms with E-state index in [0.29, 0.717) is 0 Å². The van der Waals surface area contributed by atoms with Crippen LogP contribution in [0, 0.1) is 0 Å². The van der Waals surface area contributed by atoms with Crippen LogP contribution in [0.1, 0.15) is 44.2 Å². The van der Waals surface area contributed by atoms with Gasteiger partial charge in [-0.1, -0.05) is 12.1 Å². The lowest BCUT2D eigenvalue weighted by Crippen LogP contribution is -2.44. The molecule has 1 aliphatic heterocycles. The number of hydrogen-bond donors (Lipinski definition) is 3. The summed E-state index contributed by atoms with van der Waals surface area (Å²) in [6, 6.07) is 8.36. The van der Waals surface area contributed by atoms with Gasteiger partial charge in [-0.2, -0.15) is 0 Å². The van der Waals surface area contributed by atoms with E-state index in [1.165, 1.54) is 5.69 Å². The number of aliphatic hydroxyl groups excluding tert-OH is 1. The van der Waals surface area contributed by atoms with E-state index in [4.69, 9.17) is 4.74 Å². The molecule has 1 saturated carbocycles. The molecule has 1 atom stereocenters. The van der Waals surface area contributed by atoms with Gasteiger partial charge in [-0.3, -0.25) is 0 Å². The Labute approximate surface area is 149 Å². The van der Waals surface area contributed by atoms with Crippen LogP contribution in [0.2, 0.25) is 0 Å². The third-order valence-corrected chi connectivity index (χ3v) is 5.15. The molecule has 2 aliphatic rings. The monoisotopic (exact) mass is 347 g/mol. The van der Waals surface area contributed by atoms with Gasteiger partial charge in [-0.05, 0) is 50.3 Å². The number of amides is 2. The van der Waals surface area contributed by atoms with E-state index < -0.39 is 0 Å². The molecular formula is C19H29N3O3. The quantitative estimate of drug-likeness (QED) is 0.781. The average molecular weight is 347 g/mol. The smallest absolute Gasteiger partial charge is 0.315 e. The van der Waals surface area contributed by atoms with Gasteiger partial charge < -0.3 is 25.4 Å². The van der Waals surface area contributed by atoms with Crippen molar-refractivity contribution < 1.29 is 14.6 Å². The van der Waals surface area contributed by atoms with Crippen molar-refractivity contribution in [2.75, 3.05) is 31.2 Å². The number of rotatable bonds is 4. The van der Waals surface area contributed by atoms with Crippen molar-refractivity contribution in [2.24, 2.45) is 0 Å². The SMILES string of the molecule is C[C@H](NC(=O)NC1CCC(O)CC1)c1ccc(N2CCOCC2)cc1. The fourth-order valence-electron chi connectivity index (χ4n) is 3.52. The lowest BCUT2D eigenvalue weighted by molar-refractivity contribution is 0.117. The first-order chi connectivity index (χ1) is 12.1. The fraction of sp³-hybridized carbons (Fsp3) is 0.632. The van der Waals surface area contributed by atoms with Gasteiger partial charge in [0.2, 0.25) is 0 Å². The van der Waals surface area contributed by atoms with Crippen molar-refractivity contribution in [3.8, 4) is 0 Å². The first kappa shape index (κ1) is 18.0. The molecule has 0 aromatic heterocycles. The van der Waals surface area contributed by atoms with Gasteiger partial charge in [0.25, 0.3) is 0 Å². The zero-order valence-corrected chi connectivity index (χ0v) is 14.9. The highest BCUT2D eigenvalue weighted by molar-refractivity contribution is 5.74. The number of nitrogens with one attached hydrogen (secondary N) is 2. The highest BCUT2D eigenvalue weighted by Crippen LogP contribution is 2.21. The molecule has 1 aromatic carbocycles. The molecule has 25 heavy (non-hydrogen) atoms. The summed E-state index contributed by atoms with van der Waals surface area (Å²) in [6.45, 7) is 5.39. The lowest BCUT2D eigenvalue weighted by atomic mass is 9.93. The second-order valence-corrected chi connectivity index (χ2v) is 7.04. The third-order valence-electron chi connectivity index (χ3n) is 5.15. The summed E-state index contributed by atoms with van der Waals surface area (Å²) < 4.78 is 5.39. The van der Waals surface area contributed by atoms with E-state index in [2.05, 4.69) is 39.8 Å². The van der Waals surface area contributed by atoms with Crippen LogP contribution >= 0.6 is 0 Å². The second kappa shape index (κ2) is 8.54. The van der Waals surface area contributed by atoms with Gasteiger partial charge in [-0.15, -0.1) is 0 Å². The summed E-state index contributed by atoms with van der Waals surface area (Å²) in [5.74, 6) is 0. The summed E-state index contributed by atoms with van der Waals surface area (Å²) in [6.07, 6.45) is 3.02. The van der Waals surface area contributed by atoms with Gasteiger partial charge in [-0.25, -0.2) is 4.79 Å². The molecule has 0 spiro atoms. The van der Waals surface area contributed by atoms with Crippen molar-refractivity contribution in [1.29, 1.82) is 0 Å². The van der Waals surface area contributed by atoms with Crippen LogP contribution in [0.15, 0.2) is 24.3 Å². The Morgan fingerprint density at radius 3 is 2.44 bits per heavy atom. The van der Waals surface area contributed by atoms with Gasteiger partial charge in [0.1, 0.15) is 0 Å². The zero-order chi connectivity index (χ0) is 17.6. The van der Waals surface area contributed by atoms with Gasteiger partial charge in [0, 0.05) is 24.8 Å². The number of anilines is 1. The Kier molecular flexibility index (Phi) is 6.15. The highest BCUT2D eigenvalue weighted by atomic mass is 16.5. The normalized spacial score (nSPS) is 25.3. The zero-order valence-electron chi connectivity index (χ0n) is 14.9. The van der Waals surface area contributed by atoms with E-state index in [1.807, 2.05) is 6.92 Å². The van der Waals surface area contributed by atoms with Crippen LogP contribution < -0.4 is 15.5 Å². The van der Waals surface area contributed by atoms with Crippen molar-refractivity contribution in [3.05, 3.63) is 29.8 Å². The van der Waals surface area contributed by atoms with E-state index in [1.54, 1.807) is 0 Å². The largest absolute Gasteiger partial charge is 0.393 e. The van der Waals surface area contributed by atoms with Crippen LogP contribution in [0.25, 0.3) is 0 Å². The number of urea groups is 1. The minimum absolute atomic E-state index is 0.0482. The summed E-state index contributed by atoms with van der Waals surface area (Å²) in [7, 11) is 0. The molecule has 2 amide bonds. The molecule has 1 heterocycles. The molecule has 1 aliphatic carbocycles. The Balaban J connectivity index is 1.48. The fourth-order valence-corrected chi connectivity index (χ4v) is 3.52. The summed E-state index contributed by atoms with van der Waals surface area (Å²) in [5, 5.41) is 15.6. The number of ether oxygens (including phenoxy) is 1. The molecule has 138 valence electrons. The molecule has 0 unspecified atom stereocenters. The Morgan fingerprint density at radius 1 is 1.16 bits per heavy atom. The Morgan fingerprint density at radius 2 is 1.80 bits per heavy atom. The number of carbonyl (C=O) groups is 1. The summed E-state index contributed by atoms with van der Waals surface area (Å²) in [5.41, 5.74) is 2.29. The maximum atomic E-state index is 12.2. The number of hydrogen-bond acceptors (Lipinski definition) is 4. The Bertz CT molecular complexity index is 550. The average Bonchev–Trinajstić information content (AvgIpc) is 2.64. The molecular weight excluding hydrogens is 318 g/mol. The van der Waals surface area contributed by atoms with E-state index >= 15 is 0 Å². The summed E-state index contributed by atoms with van der Waals surface area (Å²) in [4.78, 5) is 14.5. The van der Waals surface area contributed by atoms with Crippen LogP contribution in [0.4, 0.5) is 10.5 Å². The minimum Gasteiger partial charge on any atom is -0.393 e. The predicted molar refractivity (Wildman–Crippen MR) is 97.8 cm³/mol. The van der Waals surface area contributed by atoms with Crippen molar-refractivity contribution in [1.82, 2.24) is 10.6 Å². The number of benzene rings is 1. The first-order valence-electron chi connectivity index (χ1n) is 9.29. The number of nitrogens with zero attached hydrogens (tertiary/aromatic N) is 1. The maximum Gasteiger partial charge on any atom is 0.315 e. The van der Waals surface area contributed by atoms with Gasteiger partial charge in [0.05, 0.1) is 25.4 Å². The van der Waals surface area contributed by atoms with Crippen molar-refractivity contribution >= 4 is 11.7 Å². The van der Waals surface area contributed by atoms with Crippen molar-refractivity contribution in [3.63, 3.8) is 0 Å². The molecule has 0 radical (unpaired) electrons. The van der Waals surface area contributed by atoms with Gasteiger partial charge in [0.15, 0.2) is 0 Å². The standard InChI is InChI=1S/C19H29N3O3/c1-14(20-19(24)21-16-4-8-18(23)9-5-16)15-2-6-17(7-3-15)22-10-12-25-13-11-22/h2-3,6-7,14,16,18,23H,4-5,8-13H2,1H3,(H2,20,21,24)/t14-,16?,18?/m0/s1. The van der Waals surface area contributed by atoms with Crippen LogP contribution in [0.3, 0.4) is 0 Å². The second-order valence-electron chi connectivity index (χ2n) is 7.04. The third kappa shape index (κ3) is 5.09. The molecule has 6 heteroatoms. The van der Waals surface area contributed by atoms with E-state index in [9.17, 15) is 9.90 Å². The highest BCUT2D eigenvalue weighted by Gasteiger charge is 2.21. The molecule has 2 fully saturated rings. The molecule has 3 rings (SSSR count). The van der Waals surface area contributed by atoms with Crippen LogP contribution in [-0.4, -0.2) is 49.6 Å². The minimum atomic E-state index is -0.204. The van der Waals surface area contributed by atoms with Crippen LogP contribution in [-0.2, 0) is 4.74 Å². The van der Waals surface area contributed by atoms with E-state index in [-0.39, 0.29) is 24.2 Å². The molecule has 6 nitrogen and oxygen atoms in total.